The summed E-state index contributed by atoms with van der Waals surface area (Å²) in [6.45, 7) is 1.69. The third-order valence-electron chi connectivity index (χ3n) is 3.59. The number of nitrogens with one attached hydrogen (secondary N) is 1. The smallest absolute Gasteiger partial charge is 0.253 e. The van der Waals surface area contributed by atoms with Crippen LogP contribution in [-0.2, 0) is 13.1 Å². The third kappa shape index (κ3) is 1.85. The summed E-state index contributed by atoms with van der Waals surface area (Å²) < 4.78 is 2.07. The fraction of sp³-hybridized carbons (Fsp3) is 0.214. The van der Waals surface area contributed by atoms with Crippen LogP contribution in [0.4, 0.5) is 0 Å². The molecule has 0 radical (unpaired) electrons. The van der Waals surface area contributed by atoms with E-state index in [1.54, 1.807) is 0 Å². The zero-order chi connectivity index (χ0) is 14.4. The standard InChI is InChI=1S/C14H13N5OS/c15-6-11-17-10(7-21-11)13-18-9-3-1-2-8-12(9)19(13)5-4-16-14(8)20/h1-3,7H,4-6,15H2,(H,16,20). The normalized spacial score (nSPS) is 14.2. The molecule has 3 aromatic rings. The minimum Gasteiger partial charge on any atom is -0.350 e. The predicted molar refractivity (Wildman–Crippen MR) is 81.1 cm³/mol. The molecule has 1 aromatic carbocycles. The van der Waals surface area contributed by atoms with E-state index in [4.69, 9.17) is 5.73 Å². The van der Waals surface area contributed by atoms with E-state index in [1.165, 1.54) is 11.3 Å². The number of para-hydroxylation sites is 1. The second-order valence-electron chi connectivity index (χ2n) is 4.85. The summed E-state index contributed by atoms with van der Waals surface area (Å²) in [7, 11) is 0. The van der Waals surface area contributed by atoms with Gasteiger partial charge in [-0.1, -0.05) is 6.07 Å². The lowest BCUT2D eigenvalue weighted by atomic mass is 10.2. The molecule has 0 aliphatic carbocycles. The predicted octanol–water partition coefficient (Wildman–Crippen LogP) is 1.36. The molecule has 0 spiro atoms. The maximum Gasteiger partial charge on any atom is 0.253 e. The highest BCUT2D eigenvalue weighted by molar-refractivity contribution is 7.09. The molecule has 0 saturated heterocycles. The van der Waals surface area contributed by atoms with Crippen molar-refractivity contribution in [1.82, 2.24) is 19.9 Å². The molecule has 6 nitrogen and oxygen atoms in total. The number of imidazole rings is 1. The number of rotatable bonds is 2. The van der Waals surface area contributed by atoms with Crippen molar-refractivity contribution >= 4 is 28.3 Å². The van der Waals surface area contributed by atoms with E-state index in [1.807, 2.05) is 23.6 Å². The van der Waals surface area contributed by atoms with Crippen molar-refractivity contribution in [2.45, 2.75) is 13.1 Å². The zero-order valence-corrected chi connectivity index (χ0v) is 12.0. The van der Waals surface area contributed by atoms with Crippen molar-refractivity contribution in [2.24, 2.45) is 5.73 Å². The van der Waals surface area contributed by atoms with Crippen LogP contribution in [0.15, 0.2) is 23.6 Å². The number of hydrogen-bond acceptors (Lipinski definition) is 5. The second-order valence-corrected chi connectivity index (χ2v) is 5.79. The van der Waals surface area contributed by atoms with Crippen LogP contribution in [0.25, 0.3) is 22.6 Å². The highest BCUT2D eigenvalue weighted by Gasteiger charge is 2.22. The van der Waals surface area contributed by atoms with Crippen molar-refractivity contribution in [3.8, 4) is 11.5 Å². The quantitative estimate of drug-likeness (QED) is 0.748. The molecule has 0 saturated carbocycles. The van der Waals surface area contributed by atoms with Crippen molar-refractivity contribution in [3.05, 3.63) is 34.2 Å². The van der Waals surface area contributed by atoms with Gasteiger partial charge in [-0.2, -0.15) is 0 Å². The number of carbonyl (C=O) groups is 1. The van der Waals surface area contributed by atoms with Gasteiger partial charge in [0.1, 0.15) is 10.7 Å². The van der Waals surface area contributed by atoms with Gasteiger partial charge in [0.15, 0.2) is 5.82 Å². The van der Waals surface area contributed by atoms with Crippen LogP contribution >= 0.6 is 11.3 Å². The Balaban J connectivity index is 2.00. The number of benzene rings is 1. The highest BCUT2D eigenvalue weighted by atomic mass is 32.1. The first-order chi connectivity index (χ1) is 10.3. The average molecular weight is 299 g/mol. The van der Waals surface area contributed by atoms with Crippen molar-refractivity contribution in [1.29, 1.82) is 0 Å². The Morgan fingerprint density at radius 1 is 1.38 bits per heavy atom. The summed E-state index contributed by atoms with van der Waals surface area (Å²) in [4.78, 5) is 21.3. The van der Waals surface area contributed by atoms with Crippen LogP contribution in [0.1, 0.15) is 15.4 Å². The van der Waals surface area contributed by atoms with Crippen LogP contribution in [0.3, 0.4) is 0 Å². The SMILES string of the molecule is NCc1nc(-c2nc3cccc4c3n2CCNC4=O)cs1. The van der Waals surface area contributed by atoms with Gasteiger partial charge in [-0.25, -0.2) is 9.97 Å². The van der Waals surface area contributed by atoms with Crippen LogP contribution < -0.4 is 11.1 Å². The number of amides is 1. The summed E-state index contributed by atoms with van der Waals surface area (Å²) >= 11 is 1.53. The van der Waals surface area contributed by atoms with Gasteiger partial charge in [0.05, 0.1) is 16.6 Å². The highest BCUT2D eigenvalue weighted by Crippen LogP contribution is 2.28. The monoisotopic (exact) mass is 299 g/mol. The summed E-state index contributed by atoms with van der Waals surface area (Å²) in [5.41, 5.74) is 8.81. The average Bonchev–Trinajstić information content (AvgIpc) is 3.06. The van der Waals surface area contributed by atoms with Crippen LogP contribution in [0, 0.1) is 0 Å². The van der Waals surface area contributed by atoms with Gasteiger partial charge in [0.25, 0.3) is 5.91 Å². The molecule has 3 N–H and O–H groups in total. The van der Waals surface area contributed by atoms with E-state index >= 15 is 0 Å². The Morgan fingerprint density at radius 3 is 3.10 bits per heavy atom. The first kappa shape index (κ1) is 12.5. The molecule has 7 heteroatoms. The Kier molecular flexibility index (Phi) is 2.76. The number of thiazole rings is 1. The first-order valence-electron chi connectivity index (χ1n) is 6.70. The fourth-order valence-electron chi connectivity index (χ4n) is 2.67. The number of aromatic nitrogens is 3. The van der Waals surface area contributed by atoms with Crippen LogP contribution in [0.5, 0.6) is 0 Å². The van der Waals surface area contributed by atoms with E-state index in [-0.39, 0.29) is 5.91 Å². The Labute approximate surface area is 124 Å². The Hall–Kier alpha value is -2.25. The van der Waals surface area contributed by atoms with Gasteiger partial charge < -0.3 is 15.6 Å². The number of carbonyl (C=O) groups excluding carboxylic acids is 1. The Bertz CT molecular complexity index is 850. The molecule has 1 amide bonds. The molecule has 21 heavy (non-hydrogen) atoms. The second kappa shape index (κ2) is 4.64. The molecule has 1 aliphatic heterocycles. The van der Waals surface area contributed by atoms with Crippen molar-refractivity contribution in [3.63, 3.8) is 0 Å². The molecule has 0 bridgehead atoms. The lowest BCUT2D eigenvalue weighted by Crippen LogP contribution is -2.24. The van der Waals surface area contributed by atoms with Gasteiger partial charge in [-0.15, -0.1) is 11.3 Å². The van der Waals surface area contributed by atoms with Crippen molar-refractivity contribution in [2.75, 3.05) is 6.54 Å². The molecule has 0 atom stereocenters. The number of hydrogen-bond donors (Lipinski definition) is 2. The molecule has 0 unspecified atom stereocenters. The summed E-state index contributed by atoms with van der Waals surface area (Å²) in [6.07, 6.45) is 0. The van der Waals surface area contributed by atoms with Gasteiger partial charge in [-0.3, -0.25) is 4.79 Å². The molecule has 3 heterocycles. The zero-order valence-electron chi connectivity index (χ0n) is 11.2. The maximum atomic E-state index is 12.1. The minimum atomic E-state index is -0.0493. The third-order valence-corrected chi connectivity index (χ3v) is 4.46. The molecular formula is C14H13N5OS. The molecule has 4 rings (SSSR count). The largest absolute Gasteiger partial charge is 0.350 e. The minimum absolute atomic E-state index is 0.0493. The van der Waals surface area contributed by atoms with E-state index in [2.05, 4.69) is 19.9 Å². The van der Waals surface area contributed by atoms with Gasteiger partial charge in [0, 0.05) is 25.0 Å². The summed E-state index contributed by atoms with van der Waals surface area (Å²) in [5.74, 6) is 0.747. The van der Waals surface area contributed by atoms with Crippen molar-refractivity contribution < 1.29 is 4.79 Å². The summed E-state index contributed by atoms with van der Waals surface area (Å²) in [6, 6.07) is 5.61. The Morgan fingerprint density at radius 2 is 2.29 bits per heavy atom. The molecule has 2 aromatic heterocycles. The summed E-state index contributed by atoms with van der Waals surface area (Å²) in [5, 5.41) is 5.75. The van der Waals surface area contributed by atoms with E-state index < -0.39 is 0 Å². The number of nitrogens with zero attached hydrogens (tertiary/aromatic N) is 3. The van der Waals surface area contributed by atoms with E-state index in [0.717, 1.165) is 27.6 Å². The van der Waals surface area contributed by atoms with Crippen LogP contribution in [-0.4, -0.2) is 27.0 Å². The van der Waals surface area contributed by atoms with Gasteiger partial charge in [-0.05, 0) is 12.1 Å². The van der Waals surface area contributed by atoms with Gasteiger partial charge >= 0.3 is 0 Å². The lowest BCUT2D eigenvalue weighted by Gasteiger charge is -2.04. The van der Waals surface area contributed by atoms with Gasteiger partial charge in [0.2, 0.25) is 0 Å². The fourth-order valence-corrected chi connectivity index (χ4v) is 3.32. The van der Waals surface area contributed by atoms with E-state index in [0.29, 0.717) is 25.2 Å². The molecular weight excluding hydrogens is 286 g/mol. The first-order valence-corrected chi connectivity index (χ1v) is 7.58. The van der Waals surface area contributed by atoms with E-state index in [9.17, 15) is 4.79 Å². The topological polar surface area (TPSA) is 85.8 Å². The molecule has 0 fully saturated rings. The molecule has 1 aliphatic rings. The molecule has 106 valence electrons. The lowest BCUT2D eigenvalue weighted by molar-refractivity contribution is 0.0956. The number of nitrogens with two attached hydrogens (primary N) is 1. The maximum absolute atomic E-state index is 12.1. The van der Waals surface area contributed by atoms with Crippen LogP contribution in [0.2, 0.25) is 0 Å².